The number of primary amides is 1. The van der Waals surface area contributed by atoms with Crippen molar-refractivity contribution in [2.45, 2.75) is 31.1 Å². The molecule has 158 valence electrons. The number of nitrogens with two attached hydrogens (primary N) is 1. The van der Waals surface area contributed by atoms with Crippen LogP contribution in [0.3, 0.4) is 0 Å². The van der Waals surface area contributed by atoms with Crippen LogP contribution in [0, 0.1) is 17.1 Å². The van der Waals surface area contributed by atoms with Gasteiger partial charge in [-0.05, 0) is 24.1 Å². The van der Waals surface area contributed by atoms with Crippen LogP contribution in [0.1, 0.15) is 28.8 Å². The second-order valence-corrected chi connectivity index (χ2v) is 7.17. The van der Waals surface area contributed by atoms with Crippen LogP contribution in [0.25, 0.3) is 0 Å². The van der Waals surface area contributed by atoms with Gasteiger partial charge < -0.3 is 16.2 Å². The molecule has 0 radical (unpaired) electrons. The number of rotatable bonds is 7. The number of halogens is 2. The number of carbonyl (C=O) groups excluding carboxylic acids is 2. The number of aromatic hydroxyl groups is 1. The number of alkyl halides is 1. The van der Waals surface area contributed by atoms with E-state index in [4.69, 9.17) is 5.73 Å². The van der Waals surface area contributed by atoms with Crippen LogP contribution in [0.2, 0.25) is 0 Å². The third kappa shape index (κ3) is 4.08. The van der Waals surface area contributed by atoms with E-state index in [1.54, 1.807) is 4.90 Å². The maximum absolute atomic E-state index is 15.4. The molecule has 2 amide bonds. The van der Waals surface area contributed by atoms with Gasteiger partial charge in [-0.1, -0.05) is 0 Å². The molecule has 0 aliphatic carbocycles. The summed E-state index contributed by atoms with van der Waals surface area (Å²) in [5, 5.41) is 25.2. The smallest absolute Gasteiger partial charge is 0.254 e. The molecule has 3 rings (SSSR count). The number of phenolic OH excluding ortho intramolecular Hbond substituents is 1. The molecule has 4 N–H and O–H groups in total. The van der Waals surface area contributed by atoms with Crippen molar-refractivity contribution in [2.24, 2.45) is 5.73 Å². The van der Waals surface area contributed by atoms with Crippen LogP contribution in [-0.4, -0.2) is 51.4 Å². The number of hydrogen-bond donors (Lipinski definition) is 3. The minimum atomic E-state index is -1.56. The molecule has 1 aliphatic rings. The number of piperidine rings is 1. The van der Waals surface area contributed by atoms with Crippen LogP contribution in [0.5, 0.6) is 5.75 Å². The Kier molecular flexibility index (Phi) is 5.98. The number of hydrogen-bond acceptors (Lipinski definition) is 6. The lowest BCUT2D eigenvalue weighted by Crippen LogP contribution is -2.54. The highest BCUT2D eigenvalue weighted by molar-refractivity contribution is 5.99. The lowest BCUT2D eigenvalue weighted by Gasteiger charge is -2.43. The highest BCUT2D eigenvalue weighted by Gasteiger charge is 2.46. The summed E-state index contributed by atoms with van der Waals surface area (Å²) < 4.78 is 30.1. The molecular formula is C19H20F2N6O3. The zero-order valence-electron chi connectivity index (χ0n) is 15.9. The minimum absolute atomic E-state index is 0.0822. The number of nitrogens with one attached hydrogen (secondary N) is 1. The van der Waals surface area contributed by atoms with Gasteiger partial charge in [-0.25, -0.2) is 8.78 Å². The number of nitriles is 1. The lowest BCUT2D eigenvalue weighted by atomic mass is 9.83. The predicted molar refractivity (Wildman–Crippen MR) is 101 cm³/mol. The van der Waals surface area contributed by atoms with Gasteiger partial charge in [0.1, 0.15) is 28.8 Å². The Morgan fingerprint density at radius 2 is 2.27 bits per heavy atom. The number of benzene rings is 1. The molecule has 2 aromatic rings. The third-order valence-corrected chi connectivity index (χ3v) is 5.23. The normalized spacial score (nSPS) is 21.7. The van der Waals surface area contributed by atoms with Gasteiger partial charge in [-0.15, -0.1) is 0 Å². The van der Waals surface area contributed by atoms with Crippen molar-refractivity contribution in [2.75, 3.05) is 18.4 Å². The zero-order chi connectivity index (χ0) is 21.9. The summed E-state index contributed by atoms with van der Waals surface area (Å²) >= 11 is 0. The van der Waals surface area contributed by atoms with Gasteiger partial charge in [0.2, 0.25) is 6.41 Å². The molecule has 0 saturated carbocycles. The van der Waals surface area contributed by atoms with Crippen LogP contribution < -0.4 is 11.1 Å². The van der Waals surface area contributed by atoms with Gasteiger partial charge in [-0.3, -0.25) is 19.2 Å². The second kappa shape index (κ2) is 8.46. The maximum atomic E-state index is 15.4. The standard InChI is InChI=1S/C19H20F2N6O3/c20-13-5-12(6-14(29)7-13)8-26-4-2-19(1-3-22,16(21)10-26)27-9-15(17(23)30)18(25-27)24-11-28/h5-7,9,11,16,29H,1-2,4,8,10H2,(H2,23,30)(H,24,25,28). The Hall–Kier alpha value is -3.52. The fourth-order valence-electron chi connectivity index (χ4n) is 3.74. The highest BCUT2D eigenvalue weighted by atomic mass is 19.1. The molecule has 1 aliphatic heterocycles. The van der Waals surface area contributed by atoms with E-state index >= 15 is 4.39 Å². The first-order valence-electron chi connectivity index (χ1n) is 9.11. The second-order valence-electron chi connectivity index (χ2n) is 7.17. The molecule has 9 nitrogen and oxygen atoms in total. The summed E-state index contributed by atoms with van der Waals surface area (Å²) in [6, 6.07) is 5.61. The van der Waals surface area contributed by atoms with E-state index in [2.05, 4.69) is 10.4 Å². The summed E-state index contributed by atoms with van der Waals surface area (Å²) in [5.41, 5.74) is 4.34. The fourth-order valence-corrected chi connectivity index (χ4v) is 3.74. The minimum Gasteiger partial charge on any atom is -0.508 e. The molecule has 1 aromatic carbocycles. The summed E-state index contributed by atoms with van der Waals surface area (Å²) in [4.78, 5) is 24.2. The van der Waals surface area contributed by atoms with Gasteiger partial charge >= 0.3 is 0 Å². The van der Waals surface area contributed by atoms with E-state index in [9.17, 15) is 24.3 Å². The Balaban J connectivity index is 1.86. The molecule has 30 heavy (non-hydrogen) atoms. The number of phenols is 1. The third-order valence-electron chi connectivity index (χ3n) is 5.23. The van der Waals surface area contributed by atoms with E-state index < -0.39 is 23.4 Å². The van der Waals surface area contributed by atoms with Crippen LogP contribution in [0.4, 0.5) is 14.6 Å². The molecule has 2 heterocycles. The Bertz CT molecular complexity index is 984. The summed E-state index contributed by atoms with van der Waals surface area (Å²) in [6.45, 7) is 0.473. The molecule has 0 bridgehead atoms. The highest BCUT2D eigenvalue weighted by Crippen LogP contribution is 2.37. The lowest BCUT2D eigenvalue weighted by molar-refractivity contribution is -0.105. The van der Waals surface area contributed by atoms with E-state index in [0.717, 1.165) is 6.07 Å². The number of aromatic nitrogens is 2. The molecule has 11 heteroatoms. The van der Waals surface area contributed by atoms with E-state index in [-0.39, 0.29) is 43.1 Å². The Morgan fingerprint density at radius 3 is 2.87 bits per heavy atom. The quantitative estimate of drug-likeness (QED) is 0.579. The molecule has 1 fully saturated rings. The Labute approximate surface area is 170 Å². The van der Waals surface area contributed by atoms with Crippen molar-refractivity contribution < 1.29 is 23.5 Å². The van der Waals surface area contributed by atoms with E-state index in [1.165, 1.54) is 23.0 Å². The van der Waals surface area contributed by atoms with Crippen molar-refractivity contribution in [1.29, 1.82) is 5.26 Å². The summed E-state index contributed by atoms with van der Waals surface area (Å²) in [7, 11) is 0. The van der Waals surface area contributed by atoms with Crippen molar-refractivity contribution in [3.63, 3.8) is 0 Å². The molecule has 1 aromatic heterocycles. The van der Waals surface area contributed by atoms with Crippen molar-refractivity contribution in [3.05, 3.63) is 41.3 Å². The average molecular weight is 418 g/mol. The van der Waals surface area contributed by atoms with Gasteiger partial charge in [0.15, 0.2) is 5.82 Å². The van der Waals surface area contributed by atoms with E-state index in [1.807, 2.05) is 6.07 Å². The summed E-state index contributed by atoms with van der Waals surface area (Å²) in [6.07, 6.45) is -0.0527. The molecule has 2 unspecified atom stereocenters. The first-order chi connectivity index (χ1) is 14.3. The number of nitrogens with zero attached hydrogens (tertiary/aromatic N) is 4. The maximum Gasteiger partial charge on any atom is 0.254 e. The predicted octanol–water partition coefficient (Wildman–Crippen LogP) is 1.25. The van der Waals surface area contributed by atoms with Gasteiger partial charge in [-0.2, -0.15) is 10.4 Å². The van der Waals surface area contributed by atoms with Crippen LogP contribution in [0.15, 0.2) is 24.4 Å². The SMILES string of the molecule is N#CCC1(n2cc(C(N)=O)c(NC=O)n2)CCN(Cc2cc(O)cc(F)c2)CC1F. The Morgan fingerprint density at radius 1 is 1.50 bits per heavy atom. The number of carbonyl (C=O) groups is 2. The number of likely N-dealkylation sites (tertiary alicyclic amines) is 1. The van der Waals surface area contributed by atoms with Crippen molar-refractivity contribution in [3.8, 4) is 11.8 Å². The van der Waals surface area contributed by atoms with Crippen molar-refractivity contribution >= 4 is 18.1 Å². The van der Waals surface area contributed by atoms with Crippen molar-refractivity contribution in [1.82, 2.24) is 14.7 Å². The van der Waals surface area contributed by atoms with Gasteiger partial charge in [0.25, 0.3) is 5.91 Å². The molecule has 1 saturated heterocycles. The van der Waals surface area contributed by atoms with E-state index in [0.29, 0.717) is 18.5 Å². The first-order valence-corrected chi connectivity index (χ1v) is 9.11. The molecule has 0 spiro atoms. The number of amides is 2. The monoisotopic (exact) mass is 418 g/mol. The fraction of sp³-hybridized carbons (Fsp3) is 0.368. The molecular weight excluding hydrogens is 398 g/mol. The zero-order valence-corrected chi connectivity index (χ0v) is 15.9. The topological polar surface area (TPSA) is 137 Å². The van der Waals surface area contributed by atoms with Gasteiger partial charge in [0, 0.05) is 31.9 Å². The van der Waals surface area contributed by atoms with Crippen LogP contribution in [-0.2, 0) is 16.9 Å². The first kappa shape index (κ1) is 21.2. The van der Waals surface area contributed by atoms with Crippen LogP contribution >= 0.6 is 0 Å². The number of anilines is 1. The molecule has 2 atom stereocenters. The average Bonchev–Trinajstić information content (AvgIpc) is 3.08. The largest absolute Gasteiger partial charge is 0.508 e. The summed E-state index contributed by atoms with van der Waals surface area (Å²) in [5.74, 6) is -1.78. The van der Waals surface area contributed by atoms with Gasteiger partial charge in [0.05, 0.1) is 12.5 Å².